The average Bonchev–Trinajstić information content (AvgIpc) is 3.10. The van der Waals surface area contributed by atoms with E-state index in [0.717, 1.165) is 5.69 Å². The molecule has 22 heavy (non-hydrogen) atoms. The van der Waals surface area contributed by atoms with E-state index in [4.69, 9.17) is 4.42 Å². The van der Waals surface area contributed by atoms with E-state index in [-0.39, 0.29) is 11.8 Å². The molecule has 0 spiro atoms. The molecule has 5 nitrogen and oxygen atoms in total. The maximum Gasteiger partial charge on any atom is 0.311 e. The Hall–Kier alpha value is -2.56. The third kappa shape index (κ3) is 1.78. The third-order valence-electron chi connectivity index (χ3n) is 4.73. The zero-order valence-corrected chi connectivity index (χ0v) is 11.8. The molecule has 1 N–H and O–H groups in total. The van der Waals surface area contributed by atoms with E-state index in [9.17, 15) is 14.7 Å². The van der Waals surface area contributed by atoms with Crippen molar-refractivity contribution in [3.05, 3.63) is 54.0 Å². The molecule has 0 radical (unpaired) electrons. The number of rotatable bonds is 2. The maximum absolute atomic E-state index is 12.8. The molecule has 1 aromatic carbocycles. The van der Waals surface area contributed by atoms with Crippen LogP contribution in [0.15, 0.2) is 47.1 Å². The summed E-state index contributed by atoms with van der Waals surface area (Å²) < 4.78 is 5.43. The van der Waals surface area contributed by atoms with Crippen LogP contribution in [0.4, 0.5) is 5.69 Å². The first-order valence-electron chi connectivity index (χ1n) is 7.32. The number of carbonyl (C=O) groups is 2. The van der Waals surface area contributed by atoms with Crippen LogP contribution in [0, 0.1) is 11.8 Å². The number of fused-ring (bicyclic) bond motifs is 2. The van der Waals surface area contributed by atoms with Gasteiger partial charge in [0.25, 0.3) is 0 Å². The van der Waals surface area contributed by atoms with Crippen molar-refractivity contribution in [2.24, 2.45) is 11.8 Å². The number of carboxylic acids is 1. The van der Waals surface area contributed by atoms with Crippen molar-refractivity contribution >= 4 is 17.6 Å². The second-order valence-corrected chi connectivity index (χ2v) is 5.89. The molecule has 1 saturated heterocycles. The largest absolute Gasteiger partial charge is 0.481 e. The Morgan fingerprint density at radius 2 is 2.00 bits per heavy atom. The molecule has 0 bridgehead atoms. The molecule has 112 valence electrons. The fraction of sp³-hybridized carbons (Fsp3) is 0.294. The molecule has 1 amide bonds. The lowest BCUT2D eigenvalue weighted by Crippen LogP contribution is -2.35. The van der Waals surface area contributed by atoms with E-state index >= 15 is 0 Å². The molecular formula is C17H15NO4. The number of hydrogen-bond acceptors (Lipinski definition) is 3. The number of para-hydroxylation sites is 1. The molecule has 0 saturated carbocycles. The molecule has 3 atom stereocenters. The molecule has 2 heterocycles. The van der Waals surface area contributed by atoms with E-state index in [1.54, 1.807) is 11.0 Å². The van der Waals surface area contributed by atoms with Gasteiger partial charge < -0.3 is 14.4 Å². The Balaban J connectivity index is 1.75. The summed E-state index contributed by atoms with van der Waals surface area (Å²) in [5.41, 5.74) is 1.47. The zero-order valence-electron chi connectivity index (χ0n) is 11.8. The van der Waals surface area contributed by atoms with Crippen molar-refractivity contribution in [1.29, 1.82) is 0 Å². The fourth-order valence-electron chi connectivity index (χ4n) is 3.78. The standard InChI is InChI=1S/C17H15NO4/c19-16-14-10(9-18(16)11-4-2-1-3-5-11)8-13-12(6-7-22-13)15(14)17(20)21/h1-7,10,14-15H,8-9H2,(H,20,21)/t10-,14-,15+/m1/s1. The topological polar surface area (TPSA) is 70.8 Å². The highest BCUT2D eigenvalue weighted by Crippen LogP contribution is 2.46. The van der Waals surface area contributed by atoms with Crippen LogP contribution >= 0.6 is 0 Å². The summed E-state index contributed by atoms with van der Waals surface area (Å²) in [7, 11) is 0. The van der Waals surface area contributed by atoms with Gasteiger partial charge in [0.15, 0.2) is 0 Å². The molecule has 1 aliphatic heterocycles. The fourth-order valence-corrected chi connectivity index (χ4v) is 3.78. The Bertz CT molecular complexity index is 736. The third-order valence-corrected chi connectivity index (χ3v) is 4.73. The predicted molar refractivity (Wildman–Crippen MR) is 78.6 cm³/mol. The number of anilines is 1. The predicted octanol–water partition coefficient (Wildman–Crippen LogP) is 2.28. The Kier molecular flexibility index (Phi) is 2.82. The highest BCUT2D eigenvalue weighted by atomic mass is 16.4. The number of nitrogens with zero attached hydrogens (tertiary/aromatic N) is 1. The van der Waals surface area contributed by atoms with Crippen LogP contribution in [0.5, 0.6) is 0 Å². The summed E-state index contributed by atoms with van der Waals surface area (Å²) in [6.45, 7) is 0.539. The molecule has 1 fully saturated rings. The first-order valence-corrected chi connectivity index (χ1v) is 7.32. The van der Waals surface area contributed by atoms with Gasteiger partial charge in [0, 0.05) is 24.2 Å². The smallest absolute Gasteiger partial charge is 0.311 e. The molecular weight excluding hydrogens is 282 g/mol. The minimum absolute atomic E-state index is 0.0209. The molecule has 1 aromatic heterocycles. The van der Waals surface area contributed by atoms with Crippen LogP contribution in [0.1, 0.15) is 17.2 Å². The van der Waals surface area contributed by atoms with Crippen molar-refractivity contribution < 1.29 is 19.1 Å². The lowest BCUT2D eigenvalue weighted by atomic mass is 9.73. The van der Waals surface area contributed by atoms with Gasteiger partial charge >= 0.3 is 5.97 Å². The summed E-state index contributed by atoms with van der Waals surface area (Å²) in [6, 6.07) is 11.1. The molecule has 0 unspecified atom stereocenters. The van der Waals surface area contributed by atoms with Crippen molar-refractivity contribution in [2.75, 3.05) is 11.4 Å². The van der Waals surface area contributed by atoms with Crippen molar-refractivity contribution in [2.45, 2.75) is 12.3 Å². The van der Waals surface area contributed by atoms with Gasteiger partial charge in [-0.15, -0.1) is 0 Å². The van der Waals surface area contributed by atoms with Crippen molar-refractivity contribution in [1.82, 2.24) is 0 Å². The van der Waals surface area contributed by atoms with E-state index in [1.165, 1.54) is 6.26 Å². The number of carbonyl (C=O) groups excluding carboxylic acids is 1. The number of hydrogen-bond donors (Lipinski definition) is 1. The lowest BCUT2D eigenvalue weighted by molar-refractivity contribution is -0.143. The molecule has 4 rings (SSSR count). The van der Waals surface area contributed by atoms with Gasteiger partial charge in [-0.25, -0.2) is 0 Å². The van der Waals surface area contributed by atoms with Crippen molar-refractivity contribution in [3.8, 4) is 0 Å². The van der Waals surface area contributed by atoms with E-state index < -0.39 is 17.8 Å². The van der Waals surface area contributed by atoms with Gasteiger partial charge in [0.2, 0.25) is 5.91 Å². The Labute approximate surface area is 127 Å². The molecule has 5 heteroatoms. The van der Waals surface area contributed by atoms with Crippen LogP contribution in [0.2, 0.25) is 0 Å². The number of aliphatic carboxylic acids is 1. The highest BCUT2D eigenvalue weighted by Gasteiger charge is 2.52. The van der Waals surface area contributed by atoms with Gasteiger partial charge in [0.05, 0.1) is 18.1 Å². The monoisotopic (exact) mass is 297 g/mol. The summed E-state index contributed by atoms with van der Waals surface area (Å²) in [4.78, 5) is 26.3. The zero-order chi connectivity index (χ0) is 15.3. The van der Waals surface area contributed by atoms with Crippen LogP contribution < -0.4 is 4.90 Å². The maximum atomic E-state index is 12.8. The van der Waals surface area contributed by atoms with Crippen LogP contribution in [-0.4, -0.2) is 23.5 Å². The normalized spacial score (nSPS) is 26.6. The summed E-state index contributed by atoms with van der Waals surface area (Å²) in [6.07, 6.45) is 2.13. The summed E-state index contributed by atoms with van der Waals surface area (Å²) in [5.74, 6) is -1.70. The minimum atomic E-state index is -0.958. The summed E-state index contributed by atoms with van der Waals surface area (Å²) in [5, 5.41) is 9.61. The highest BCUT2D eigenvalue weighted by molar-refractivity contribution is 6.01. The lowest BCUT2D eigenvalue weighted by Gasteiger charge is -2.27. The number of amides is 1. The second-order valence-electron chi connectivity index (χ2n) is 5.89. The Morgan fingerprint density at radius 3 is 2.73 bits per heavy atom. The SMILES string of the molecule is O=C(O)[C@H]1c2ccoc2C[C@@H]2CN(c3ccccc3)C(=O)[C@H]21. The molecule has 2 aromatic rings. The van der Waals surface area contributed by atoms with Gasteiger partial charge in [-0.3, -0.25) is 9.59 Å². The number of furan rings is 1. The van der Waals surface area contributed by atoms with E-state index in [0.29, 0.717) is 24.3 Å². The first-order chi connectivity index (χ1) is 10.7. The quantitative estimate of drug-likeness (QED) is 0.923. The Morgan fingerprint density at radius 1 is 1.23 bits per heavy atom. The van der Waals surface area contributed by atoms with Crippen LogP contribution in [-0.2, 0) is 16.0 Å². The first kappa shape index (κ1) is 13.1. The van der Waals surface area contributed by atoms with Gasteiger partial charge in [0.1, 0.15) is 5.76 Å². The average molecular weight is 297 g/mol. The molecule has 2 aliphatic rings. The van der Waals surface area contributed by atoms with Crippen LogP contribution in [0.25, 0.3) is 0 Å². The van der Waals surface area contributed by atoms with Gasteiger partial charge in [-0.05, 0) is 24.1 Å². The number of carboxylic acid groups (broad SMARTS) is 1. The second kappa shape index (κ2) is 4.73. The van der Waals surface area contributed by atoms with E-state index in [2.05, 4.69) is 0 Å². The van der Waals surface area contributed by atoms with Gasteiger partial charge in [-0.2, -0.15) is 0 Å². The van der Waals surface area contributed by atoms with Crippen molar-refractivity contribution in [3.63, 3.8) is 0 Å². The van der Waals surface area contributed by atoms with E-state index in [1.807, 2.05) is 30.3 Å². The minimum Gasteiger partial charge on any atom is -0.481 e. The van der Waals surface area contributed by atoms with Gasteiger partial charge in [-0.1, -0.05) is 18.2 Å². The number of benzene rings is 1. The van der Waals surface area contributed by atoms with Crippen LogP contribution in [0.3, 0.4) is 0 Å². The summed E-state index contributed by atoms with van der Waals surface area (Å²) >= 11 is 0. The molecule has 1 aliphatic carbocycles.